The number of nitrogens with zero attached hydrogens (tertiary/aromatic N) is 1. The standard InChI is InChI=1S/C12H14N2O6/c1-2-5-19-6-7-9(16)10(17)11(20-7)14-4-3-8(15)13-12(14)18/h1,3-4,7,9-11,16-17H,5-6H2,(H,13,15,18)/t7-,9-,10-,11-/m1/s1. The molecule has 0 saturated carbocycles. The molecule has 4 atom stereocenters. The molecule has 8 heteroatoms. The molecule has 2 heterocycles. The average molecular weight is 282 g/mol. The van der Waals surface area contributed by atoms with Crippen molar-refractivity contribution in [3.8, 4) is 12.3 Å². The van der Waals surface area contributed by atoms with E-state index in [4.69, 9.17) is 15.9 Å². The minimum absolute atomic E-state index is 0.0168. The van der Waals surface area contributed by atoms with Gasteiger partial charge >= 0.3 is 5.69 Å². The van der Waals surface area contributed by atoms with Crippen molar-refractivity contribution in [1.29, 1.82) is 0 Å². The Kier molecular flexibility index (Phi) is 4.36. The fraction of sp³-hybridized carbons (Fsp3) is 0.500. The van der Waals surface area contributed by atoms with E-state index in [9.17, 15) is 19.8 Å². The van der Waals surface area contributed by atoms with E-state index < -0.39 is 35.8 Å². The number of aromatic nitrogens is 2. The van der Waals surface area contributed by atoms with E-state index in [1.165, 1.54) is 6.20 Å². The normalized spacial score (nSPS) is 29.2. The molecule has 0 amide bonds. The lowest BCUT2D eigenvalue weighted by molar-refractivity contribution is -0.0647. The quantitative estimate of drug-likeness (QED) is 0.427. The maximum absolute atomic E-state index is 11.6. The zero-order chi connectivity index (χ0) is 14.7. The number of terminal acetylenes is 1. The molecule has 8 nitrogen and oxygen atoms in total. The van der Waals surface area contributed by atoms with Crippen molar-refractivity contribution in [3.63, 3.8) is 0 Å². The van der Waals surface area contributed by atoms with Gasteiger partial charge in [-0.2, -0.15) is 0 Å². The van der Waals surface area contributed by atoms with E-state index >= 15 is 0 Å². The van der Waals surface area contributed by atoms with E-state index in [0.29, 0.717) is 0 Å². The Hall–Kier alpha value is -1.92. The zero-order valence-electron chi connectivity index (χ0n) is 10.4. The topological polar surface area (TPSA) is 114 Å². The summed E-state index contributed by atoms with van der Waals surface area (Å²) in [5, 5.41) is 19.7. The second-order valence-electron chi connectivity index (χ2n) is 4.28. The fourth-order valence-corrected chi connectivity index (χ4v) is 1.96. The van der Waals surface area contributed by atoms with Crippen molar-refractivity contribution in [1.82, 2.24) is 9.55 Å². The van der Waals surface area contributed by atoms with Gasteiger partial charge in [-0.1, -0.05) is 5.92 Å². The Morgan fingerprint density at radius 1 is 1.45 bits per heavy atom. The first-order chi connectivity index (χ1) is 9.54. The number of hydrogen-bond acceptors (Lipinski definition) is 6. The molecule has 1 aromatic rings. The summed E-state index contributed by atoms with van der Waals surface area (Å²) in [6.07, 6.45) is 1.74. The van der Waals surface area contributed by atoms with Crippen molar-refractivity contribution in [2.24, 2.45) is 0 Å². The lowest BCUT2D eigenvalue weighted by Gasteiger charge is -2.16. The number of aliphatic hydroxyl groups is 2. The smallest absolute Gasteiger partial charge is 0.330 e. The molecule has 0 aromatic carbocycles. The van der Waals surface area contributed by atoms with Gasteiger partial charge in [-0.25, -0.2) is 4.79 Å². The Morgan fingerprint density at radius 2 is 2.20 bits per heavy atom. The number of ether oxygens (including phenoxy) is 2. The van der Waals surface area contributed by atoms with Gasteiger partial charge in [0.2, 0.25) is 0 Å². The van der Waals surface area contributed by atoms with Gasteiger partial charge in [0.25, 0.3) is 5.56 Å². The van der Waals surface area contributed by atoms with Gasteiger partial charge in [0.05, 0.1) is 6.61 Å². The van der Waals surface area contributed by atoms with Crippen LogP contribution in [0.4, 0.5) is 0 Å². The third kappa shape index (κ3) is 2.81. The van der Waals surface area contributed by atoms with Gasteiger partial charge in [0.1, 0.15) is 24.9 Å². The summed E-state index contributed by atoms with van der Waals surface area (Å²) in [5.74, 6) is 2.26. The third-order valence-corrected chi connectivity index (χ3v) is 2.93. The molecule has 0 unspecified atom stereocenters. The Morgan fingerprint density at radius 3 is 2.85 bits per heavy atom. The lowest BCUT2D eigenvalue weighted by atomic mass is 10.1. The van der Waals surface area contributed by atoms with Gasteiger partial charge in [0, 0.05) is 12.3 Å². The SMILES string of the molecule is C#CCOC[C@H]1O[C@@H](n2ccc(=O)[nH]c2=O)[C@H](O)[C@@H]1O. The van der Waals surface area contributed by atoms with E-state index in [1.807, 2.05) is 4.98 Å². The summed E-state index contributed by atoms with van der Waals surface area (Å²) < 4.78 is 11.4. The van der Waals surface area contributed by atoms with Crippen LogP contribution in [0.1, 0.15) is 6.23 Å². The van der Waals surface area contributed by atoms with Gasteiger partial charge in [0.15, 0.2) is 6.23 Å². The number of rotatable bonds is 4. The second-order valence-corrected chi connectivity index (χ2v) is 4.28. The van der Waals surface area contributed by atoms with E-state index in [-0.39, 0.29) is 13.2 Å². The van der Waals surface area contributed by atoms with Crippen LogP contribution >= 0.6 is 0 Å². The summed E-state index contributed by atoms with van der Waals surface area (Å²) in [7, 11) is 0. The van der Waals surface area contributed by atoms with Crippen molar-refractivity contribution in [2.45, 2.75) is 24.5 Å². The molecule has 1 aliphatic heterocycles. The minimum atomic E-state index is -1.32. The third-order valence-electron chi connectivity index (χ3n) is 2.93. The summed E-state index contributed by atoms with van der Waals surface area (Å²) in [4.78, 5) is 24.6. The molecule has 1 fully saturated rings. The van der Waals surface area contributed by atoms with Crippen LogP contribution in [0.5, 0.6) is 0 Å². The van der Waals surface area contributed by atoms with Gasteiger partial charge in [-0.05, 0) is 0 Å². The molecule has 0 radical (unpaired) electrons. The molecular weight excluding hydrogens is 268 g/mol. The summed E-state index contributed by atoms with van der Waals surface area (Å²) in [5.41, 5.74) is -1.30. The average Bonchev–Trinajstić information content (AvgIpc) is 2.68. The highest BCUT2D eigenvalue weighted by molar-refractivity contribution is 4.93. The van der Waals surface area contributed by atoms with Gasteiger partial charge in [-0.15, -0.1) is 6.42 Å². The van der Waals surface area contributed by atoms with Gasteiger partial charge in [-0.3, -0.25) is 14.3 Å². The predicted molar refractivity (Wildman–Crippen MR) is 66.9 cm³/mol. The molecule has 3 N–H and O–H groups in total. The first-order valence-corrected chi connectivity index (χ1v) is 5.89. The van der Waals surface area contributed by atoms with Crippen LogP contribution < -0.4 is 11.2 Å². The molecule has 1 saturated heterocycles. The van der Waals surface area contributed by atoms with Crippen LogP contribution in [-0.4, -0.2) is 51.3 Å². The molecule has 0 bridgehead atoms. The van der Waals surface area contributed by atoms with Crippen molar-refractivity contribution < 1.29 is 19.7 Å². The number of aromatic amines is 1. The molecule has 1 aromatic heterocycles. The van der Waals surface area contributed by atoms with Gasteiger partial charge < -0.3 is 19.7 Å². The molecule has 0 aliphatic carbocycles. The zero-order valence-corrected chi connectivity index (χ0v) is 10.4. The molecule has 20 heavy (non-hydrogen) atoms. The summed E-state index contributed by atoms with van der Waals surface area (Å²) >= 11 is 0. The summed E-state index contributed by atoms with van der Waals surface area (Å²) in [6.45, 7) is 0.0307. The Balaban J connectivity index is 2.16. The number of hydrogen-bond donors (Lipinski definition) is 3. The highest BCUT2D eigenvalue weighted by atomic mass is 16.6. The predicted octanol–water partition coefficient (Wildman–Crippen LogP) is -2.19. The van der Waals surface area contributed by atoms with Crippen molar-refractivity contribution in [2.75, 3.05) is 13.2 Å². The fourth-order valence-electron chi connectivity index (χ4n) is 1.96. The first-order valence-electron chi connectivity index (χ1n) is 5.89. The van der Waals surface area contributed by atoms with Crippen LogP contribution in [0.25, 0.3) is 0 Å². The second kappa shape index (κ2) is 6.02. The van der Waals surface area contributed by atoms with Crippen LogP contribution in [-0.2, 0) is 9.47 Å². The molecule has 1 aliphatic rings. The van der Waals surface area contributed by atoms with Crippen LogP contribution in [0.2, 0.25) is 0 Å². The monoisotopic (exact) mass is 282 g/mol. The van der Waals surface area contributed by atoms with Crippen LogP contribution in [0.15, 0.2) is 21.9 Å². The van der Waals surface area contributed by atoms with E-state index in [0.717, 1.165) is 10.6 Å². The number of nitrogens with one attached hydrogen (secondary N) is 1. The highest BCUT2D eigenvalue weighted by Gasteiger charge is 2.44. The van der Waals surface area contributed by atoms with Crippen molar-refractivity contribution in [3.05, 3.63) is 33.1 Å². The largest absolute Gasteiger partial charge is 0.387 e. The molecule has 2 rings (SSSR count). The summed E-state index contributed by atoms with van der Waals surface area (Å²) in [6, 6.07) is 1.12. The minimum Gasteiger partial charge on any atom is -0.387 e. The maximum atomic E-state index is 11.6. The number of H-pyrrole nitrogens is 1. The number of aliphatic hydroxyl groups excluding tert-OH is 2. The van der Waals surface area contributed by atoms with Crippen LogP contribution in [0.3, 0.4) is 0 Å². The lowest BCUT2D eigenvalue weighted by Crippen LogP contribution is -2.37. The maximum Gasteiger partial charge on any atom is 0.330 e. The molecule has 0 spiro atoms. The molecular formula is C12H14N2O6. The highest BCUT2D eigenvalue weighted by Crippen LogP contribution is 2.28. The Bertz CT molecular complexity index is 615. The first kappa shape index (κ1) is 14.5. The molecule has 108 valence electrons. The van der Waals surface area contributed by atoms with E-state index in [1.54, 1.807) is 0 Å². The Labute approximate surface area is 113 Å². The van der Waals surface area contributed by atoms with E-state index in [2.05, 4.69) is 5.92 Å². The van der Waals surface area contributed by atoms with Crippen LogP contribution in [0, 0.1) is 12.3 Å². The van der Waals surface area contributed by atoms with Crippen molar-refractivity contribution >= 4 is 0 Å².